The molecule has 2 aromatic carbocycles. The Labute approximate surface area is 157 Å². The van der Waals surface area contributed by atoms with Crippen molar-refractivity contribution < 1.29 is 4.79 Å². The minimum Gasteiger partial charge on any atom is -0.341 e. The van der Waals surface area contributed by atoms with Gasteiger partial charge >= 0.3 is 0 Å². The van der Waals surface area contributed by atoms with Crippen LogP contribution in [-0.2, 0) is 6.54 Å². The van der Waals surface area contributed by atoms with Gasteiger partial charge in [0.1, 0.15) is 5.82 Å². The van der Waals surface area contributed by atoms with Crippen molar-refractivity contribution in [2.45, 2.75) is 25.8 Å². The zero-order valence-electron chi connectivity index (χ0n) is 15.0. The van der Waals surface area contributed by atoms with Gasteiger partial charge in [0.15, 0.2) is 0 Å². The van der Waals surface area contributed by atoms with Crippen LogP contribution in [0.15, 0.2) is 42.5 Å². The van der Waals surface area contributed by atoms with E-state index in [0.717, 1.165) is 36.5 Å². The number of hydrogen-bond acceptors (Lipinski definition) is 4. The highest BCUT2D eigenvalue weighted by molar-refractivity contribution is 6.05. The maximum atomic E-state index is 12.4. The Morgan fingerprint density at radius 3 is 2.67 bits per heavy atom. The lowest BCUT2D eigenvalue weighted by Gasteiger charge is -2.25. The van der Waals surface area contributed by atoms with Crippen LogP contribution < -0.4 is 5.32 Å². The fourth-order valence-electron chi connectivity index (χ4n) is 3.44. The predicted molar refractivity (Wildman–Crippen MR) is 104 cm³/mol. The van der Waals surface area contributed by atoms with E-state index in [1.54, 1.807) is 24.3 Å². The van der Waals surface area contributed by atoms with Gasteiger partial charge in [-0.2, -0.15) is 5.26 Å². The van der Waals surface area contributed by atoms with Crippen LogP contribution in [0, 0.1) is 11.3 Å². The number of rotatable bonds is 4. The molecule has 6 nitrogen and oxygen atoms in total. The Hall–Kier alpha value is -3.17. The number of aromatic amines is 1. The number of piperidine rings is 1. The molecule has 1 saturated heterocycles. The van der Waals surface area contributed by atoms with Gasteiger partial charge in [0.25, 0.3) is 5.91 Å². The van der Waals surface area contributed by atoms with Crippen molar-refractivity contribution in [3.63, 3.8) is 0 Å². The topological polar surface area (TPSA) is 84.8 Å². The molecule has 1 fully saturated rings. The summed E-state index contributed by atoms with van der Waals surface area (Å²) in [7, 11) is 0. The molecule has 2 N–H and O–H groups in total. The molecule has 0 atom stereocenters. The molecule has 27 heavy (non-hydrogen) atoms. The molecule has 1 amide bonds. The number of aromatic nitrogens is 2. The second-order valence-corrected chi connectivity index (χ2v) is 6.90. The molecular weight excluding hydrogens is 338 g/mol. The molecule has 136 valence electrons. The van der Waals surface area contributed by atoms with Gasteiger partial charge in [-0.05, 0) is 68.4 Å². The molecule has 0 spiro atoms. The molecule has 0 bridgehead atoms. The summed E-state index contributed by atoms with van der Waals surface area (Å²) >= 11 is 0. The Morgan fingerprint density at radius 2 is 1.93 bits per heavy atom. The molecule has 0 unspecified atom stereocenters. The Balaban J connectivity index is 1.47. The minimum atomic E-state index is -0.202. The third kappa shape index (κ3) is 3.99. The van der Waals surface area contributed by atoms with Crippen LogP contribution in [0.1, 0.15) is 41.0 Å². The Kier molecular flexibility index (Phi) is 4.86. The van der Waals surface area contributed by atoms with Gasteiger partial charge in [-0.15, -0.1) is 0 Å². The van der Waals surface area contributed by atoms with Crippen molar-refractivity contribution >= 4 is 22.6 Å². The van der Waals surface area contributed by atoms with Crippen LogP contribution >= 0.6 is 0 Å². The first-order chi connectivity index (χ1) is 13.2. The zero-order chi connectivity index (χ0) is 18.6. The summed E-state index contributed by atoms with van der Waals surface area (Å²) in [6.07, 6.45) is 3.83. The summed E-state index contributed by atoms with van der Waals surface area (Å²) in [5.74, 6) is 0.759. The van der Waals surface area contributed by atoms with E-state index in [0.29, 0.717) is 16.8 Å². The third-order valence-electron chi connectivity index (χ3n) is 4.89. The molecular formula is C21H21N5O. The van der Waals surface area contributed by atoms with E-state index < -0.39 is 0 Å². The van der Waals surface area contributed by atoms with Crippen LogP contribution in [0.3, 0.4) is 0 Å². The largest absolute Gasteiger partial charge is 0.341 e. The van der Waals surface area contributed by atoms with Crippen molar-refractivity contribution in [3.8, 4) is 6.07 Å². The number of amides is 1. The number of nitrogens with one attached hydrogen (secondary N) is 2. The number of nitrogens with zero attached hydrogens (tertiary/aromatic N) is 3. The van der Waals surface area contributed by atoms with Gasteiger partial charge in [0, 0.05) is 11.3 Å². The summed E-state index contributed by atoms with van der Waals surface area (Å²) in [5.41, 5.74) is 3.58. The SMILES string of the molecule is N#Cc1ccc(C(=O)Nc2ccc3nc(CN4CCCCC4)[nH]c3c2)cc1. The average Bonchev–Trinajstić information content (AvgIpc) is 3.10. The fourth-order valence-corrected chi connectivity index (χ4v) is 3.44. The molecule has 0 aliphatic carbocycles. The number of benzene rings is 2. The van der Waals surface area contributed by atoms with Gasteiger partial charge in [-0.25, -0.2) is 4.98 Å². The van der Waals surface area contributed by atoms with Crippen molar-refractivity contribution in [2.75, 3.05) is 18.4 Å². The molecule has 3 aromatic rings. The maximum absolute atomic E-state index is 12.4. The van der Waals surface area contributed by atoms with Gasteiger partial charge in [0.2, 0.25) is 0 Å². The minimum absolute atomic E-state index is 0.202. The number of anilines is 1. The van der Waals surface area contributed by atoms with Gasteiger partial charge < -0.3 is 10.3 Å². The average molecular weight is 359 g/mol. The number of likely N-dealkylation sites (tertiary alicyclic amines) is 1. The van der Waals surface area contributed by atoms with Crippen LogP contribution in [-0.4, -0.2) is 33.9 Å². The molecule has 1 aromatic heterocycles. The smallest absolute Gasteiger partial charge is 0.255 e. The highest BCUT2D eigenvalue weighted by atomic mass is 16.1. The molecule has 6 heteroatoms. The van der Waals surface area contributed by atoms with Crippen molar-refractivity contribution in [3.05, 3.63) is 59.4 Å². The first-order valence-electron chi connectivity index (χ1n) is 9.24. The van der Waals surface area contributed by atoms with E-state index in [9.17, 15) is 4.79 Å². The number of fused-ring (bicyclic) bond motifs is 1. The standard InChI is InChI=1S/C21H21N5O/c22-13-15-4-6-16(7-5-15)21(27)23-17-8-9-18-19(12-17)25-20(24-18)14-26-10-2-1-3-11-26/h4-9,12H,1-3,10-11,14H2,(H,23,27)(H,24,25). The van der Waals surface area contributed by atoms with Crippen LogP contribution in [0.2, 0.25) is 0 Å². The first kappa shape index (κ1) is 17.3. The lowest BCUT2D eigenvalue weighted by molar-refractivity contribution is 0.102. The molecule has 1 aliphatic heterocycles. The highest BCUT2D eigenvalue weighted by Crippen LogP contribution is 2.20. The van der Waals surface area contributed by atoms with Crippen LogP contribution in [0.25, 0.3) is 11.0 Å². The number of hydrogen-bond donors (Lipinski definition) is 2. The Bertz CT molecular complexity index is 994. The second-order valence-electron chi connectivity index (χ2n) is 6.90. The number of nitriles is 1. The van der Waals surface area contributed by atoms with Gasteiger partial charge in [-0.1, -0.05) is 6.42 Å². The van der Waals surface area contributed by atoms with Gasteiger partial charge in [0.05, 0.1) is 29.2 Å². The van der Waals surface area contributed by atoms with Crippen LogP contribution in [0.4, 0.5) is 5.69 Å². The maximum Gasteiger partial charge on any atom is 0.255 e. The highest BCUT2D eigenvalue weighted by Gasteiger charge is 2.13. The molecule has 4 rings (SSSR count). The third-order valence-corrected chi connectivity index (χ3v) is 4.89. The van der Waals surface area contributed by atoms with E-state index in [1.165, 1.54) is 19.3 Å². The van der Waals surface area contributed by atoms with Crippen molar-refractivity contribution in [2.24, 2.45) is 0 Å². The number of carbonyl (C=O) groups is 1. The lowest BCUT2D eigenvalue weighted by Crippen LogP contribution is -2.29. The zero-order valence-corrected chi connectivity index (χ0v) is 15.0. The van der Waals surface area contributed by atoms with E-state index in [4.69, 9.17) is 5.26 Å². The Morgan fingerprint density at radius 1 is 1.15 bits per heavy atom. The summed E-state index contributed by atoms with van der Waals surface area (Å²) in [6.45, 7) is 3.09. The monoisotopic (exact) mass is 359 g/mol. The summed E-state index contributed by atoms with van der Waals surface area (Å²) < 4.78 is 0. The summed E-state index contributed by atoms with van der Waals surface area (Å²) in [4.78, 5) is 22.9. The molecule has 0 radical (unpaired) electrons. The molecule has 2 heterocycles. The number of H-pyrrole nitrogens is 1. The van der Waals surface area contributed by atoms with Gasteiger partial charge in [-0.3, -0.25) is 9.69 Å². The quantitative estimate of drug-likeness (QED) is 0.744. The van der Waals surface area contributed by atoms with Crippen LogP contribution in [0.5, 0.6) is 0 Å². The van der Waals surface area contributed by atoms with Crippen molar-refractivity contribution in [1.29, 1.82) is 5.26 Å². The molecule has 0 saturated carbocycles. The fraction of sp³-hybridized carbons (Fsp3) is 0.286. The van der Waals surface area contributed by atoms with E-state index >= 15 is 0 Å². The normalized spacial score (nSPS) is 14.8. The predicted octanol–water partition coefficient (Wildman–Crippen LogP) is 3.67. The lowest BCUT2D eigenvalue weighted by atomic mass is 10.1. The second kappa shape index (κ2) is 7.60. The number of carbonyl (C=O) groups excluding carboxylic acids is 1. The van der Waals surface area contributed by atoms with E-state index in [2.05, 4.69) is 20.2 Å². The number of imidazole rings is 1. The summed E-state index contributed by atoms with van der Waals surface area (Å²) in [5, 5.41) is 11.7. The van der Waals surface area contributed by atoms with Crippen molar-refractivity contribution in [1.82, 2.24) is 14.9 Å². The van der Waals surface area contributed by atoms with E-state index in [-0.39, 0.29) is 5.91 Å². The summed E-state index contributed by atoms with van der Waals surface area (Å²) in [6, 6.07) is 14.3. The first-order valence-corrected chi connectivity index (χ1v) is 9.24. The molecule has 1 aliphatic rings. The van der Waals surface area contributed by atoms with E-state index in [1.807, 2.05) is 24.3 Å².